The Hall–Kier alpha value is -5.66. The summed E-state index contributed by atoms with van der Waals surface area (Å²) >= 11 is 0. The Kier molecular flexibility index (Phi) is 5.93. The van der Waals surface area contributed by atoms with Gasteiger partial charge in [-0.3, -0.25) is 0 Å². The maximum atomic E-state index is 9.11. The van der Waals surface area contributed by atoms with E-state index in [1.54, 1.807) is 0 Å². The van der Waals surface area contributed by atoms with E-state index in [1.165, 1.54) is 87.7 Å². The van der Waals surface area contributed by atoms with Crippen LogP contribution in [0.25, 0.3) is 44.5 Å². The van der Waals surface area contributed by atoms with Crippen molar-refractivity contribution in [1.29, 1.82) is 0 Å². The number of benzene rings is 7. The predicted molar refractivity (Wildman–Crippen MR) is 233 cm³/mol. The van der Waals surface area contributed by atoms with Crippen LogP contribution < -0.4 is 4.90 Å². The van der Waals surface area contributed by atoms with Crippen molar-refractivity contribution in [3.05, 3.63) is 186 Å². The number of nitrogens with zero attached hydrogens (tertiary/aromatic N) is 1. The molecule has 0 radical (unpaired) electrons. The zero-order valence-electron chi connectivity index (χ0n) is 37.0. The molecule has 7 aromatic carbocycles. The van der Waals surface area contributed by atoms with Crippen molar-refractivity contribution in [2.75, 3.05) is 4.90 Å². The Balaban J connectivity index is 1.10. The van der Waals surface area contributed by atoms with E-state index in [0.29, 0.717) is 17.4 Å². The van der Waals surface area contributed by atoms with E-state index in [0.717, 1.165) is 28.9 Å². The molecule has 7 aromatic rings. The van der Waals surface area contributed by atoms with Crippen LogP contribution in [-0.2, 0) is 10.8 Å². The van der Waals surface area contributed by atoms with Crippen LogP contribution in [0.5, 0.6) is 0 Å². The van der Waals surface area contributed by atoms with Crippen LogP contribution >= 0.6 is 0 Å². The molecule has 0 amide bonds. The van der Waals surface area contributed by atoms with Crippen LogP contribution in [0, 0.1) is 23.7 Å². The topological polar surface area (TPSA) is 3.24 Å². The van der Waals surface area contributed by atoms with E-state index < -0.39 is 0 Å². The van der Waals surface area contributed by atoms with E-state index in [2.05, 4.69) is 128 Å². The molecule has 0 N–H and O–H groups in total. The second kappa shape index (κ2) is 11.9. The number of fused-ring (bicyclic) bond motifs is 6. The molecule has 272 valence electrons. The maximum absolute atomic E-state index is 9.11. The first-order valence-electron chi connectivity index (χ1n) is 23.1. The summed E-state index contributed by atoms with van der Waals surface area (Å²) in [5.41, 5.74) is 16.4. The first kappa shape index (κ1) is 27.8. The third-order valence-electron chi connectivity index (χ3n) is 14.7. The summed E-state index contributed by atoms with van der Waals surface area (Å²) in [6, 6.07) is 47.0. The summed E-state index contributed by atoms with van der Waals surface area (Å²) in [5, 5.41) is 0. The minimum absolute atomic E-state index is 0.0270. The molecule has 1 heteroatoms. The van der Waals surface area contributed by atoms with Crippen molar-refractivity contribution >= 4 is 17.1 Å². The van der Waals surface area contributed by atoms with E-state index in [9.17, 15) is 0 Å². The Morgan fingerprint density at radius 3 is 1.88 bits per heavy atom. The molecule has 0 aliphatic heterocycles. The summed E-state index contributed by atoms with van der Waals surface area (Å²) in [6.45, 7) is 4.60. The zero-order chi connectivity index (χ0) is 41.5. The summed E-state index contributed by atoms with van der Waals surface area (Å²) in [7, 11) is 0. The minimum atomic E-state index is -0.389. The molecule has 1 nitrogen and oxygen atoms in total. The highest BCUT2D eigenvalue weighted by Crippen LogP contribution is 2.70. The van der Waals surface area contributed by atoms with Crippen LogP contribution in [-0.4, -0.2) is 0 Å². The second-order valence-corrected chi connectivity index (χ2v) is 17.8. The van der Waals surface area contributed by atoms with Gasteiger partial charge in [0.2, 0.25) is 0 Å². The maximum Gasteiger partial charge on any atom is 0.0629 e. The molecule has 4 saturated carbocycles. The molecular weight excluding hydrogens is 675 g/mol. The Morgan fingerprint density at radius 1 is 0.464 bits per heavy atom. The molecule has 6 aliphatic rings. The standard InChI is InChI=1S/C55H47N/c1-54(2)49-19-11-9-18-45(49)46-25-22-43(34-51(46)54)56(53-20-12-10-17-44(53)38-15-7-4-8-16-38)42-23-26-50-48(33-42)47-24-21-39(37-13-5-3-6-14-37)32-52(47)55(50)40-28-35-27-36(30-40)31-41(55)29-35/h3-26,32-36,40-41H,27-31H2,1-2H3/i4D,7D,8D,15D,16D. The van der Waals surface area contributed by atoms with Crippen molar-refractivity contribution in [2.24, 2.45) is 23.7 Å². The lowest BCUT2D eigenvalue weighted by molar-refractivity contribution is -0.0399. The molecule has 0 unspecified atom stereocenters. The van der Waals surface area contributed by atoms with E-state index >= 15 is 0 Å². The van der Waals surface area contributed by atoms with Crippen LogP contribution in [0.15, 0.2) is 164 Å². The molecule has 1 spiro atoms. The largest absolute Gasteiger partial charge is 0.310 e. The van der Waals surface area contributed by atoms with Gasteiger partial charge in [-0.25, -0.2) is 0 Å². The molecular formula is C55H47N. The lowest BCUT2D eigenvalue weighted by atomic mass is 9.43. The highest BCUT2D eigenvalue weighted by molar-refractivity contribution is 5.93. The normalized spacial score (nSPS) is 25.4. The monoisotopic (exact) mass is 726 g/mol. The zero-order valence-corrected chi connectivity index (χ0v) is 32.0. The Labute approximate surface area is 338 Å². The highest BCUT2D eigenvalue weighted by Gasteiger charge is 2.61. The molecule has 0 atom stereocenters. The van der Waals surface area contributed by atoms with Gasteiger partial charge in [-0.05, 0) is 153 Å². The summed E-state index contributed by atoms with van der Waals surface area (Å²) < 4.78 is 43.9. The van der Waals surface area contributed by atoms with Crippen LogP contribution in [0.1, 0.15) is 75.1 Å². The van der Waals surface area contributed by atoms with E-state index in [1.807, 2.05) is 24.3 Å². The van der Waals surface area contributed by atoms with Crippen molar-refractivity contribution in [3.63, 3.8) is 0 Å². The van der Waals surface area contributed by atoms with Gasteiger partial charge in [0.1, 0.15) is 0 Å². The molecule has 6 aliphatic carbocycles. The van der Waals surface area contributed by atoms with E-state index in [-0.39, 0.29) is 46.6 Å². The molecule has 56 heavy (non-hydrogen) atoms. The van der Waals surface area contributed by atoms with Gasteiger partial charge in [0, 0.05) is 27.8 Å². The van der Waals surface area contributed by atoms with Crippen molar-refractivity contribution in [2.45, 2.75) is 56.8 Å². The number of hydrogen-bond acceptors (Lipinski definition) is 1. The predicted octanol–water partition coefficient (Wildman–Crippen LogP) is 14.5. The molecule has 4 fully saturated rings. The second-order valence-electron chi connectivity index (χ2n) is 17.8. The van der Waals surface area contributed by atoms with Gasteiger partial charge >= 0.3 is 0 Å². The van der Waals surface area contributed by atoms with Gasteiger partial charge in [0.05, 0.1) is 12.5 Å². The van der Waals surface area contributed by atoms with Crippen LogP contribution in [0.4, 0.5) is 17.1 Å². The quantitative estimate of drug-likeness (QED) is 0.171. The number of para-hydroxylation sites is 1. The first-order chi connectivity index (χ1) is 29.5. The van der Waals surface area contributed by atoms with Gasteiger partial charge in [-0.15, -0.1) is 0 Å². The molecule has 0 aromatic heterocycles. The Morgan fingerprint density at radius 2 is 1.09 bits per heavy atom. The van der Waals surface area contributed by atoms with Crippen LogP contribution in [0.3, 0.4) is 0 Å². The summed E-state index contributed by atoms with van der Waals surface area (Å²) in [5.74, 6) is 2.89. The fraction of sp³-hybridized carbons (Fsp3) is 0.236. The third kappa shape index (κ3) is 4.49. The molecule has 0 saturated heterocycles. The SMILES string of the molecule is [2H]c1c([2H])c([2H])c(-c2ccccc2N(c2ccc3c(c2)-c2ccc(-c4ccccc4)cc2C32C3CC4CC(C3)CC2C4)c2ccc3c(c2)C(C)(C)c2ccccc2-3)c([2H])c1[2H]. The number of anilines is 3. The first-order valence-corrected chi connectivity index (χ1v) is 20.6. The summed E-state index contributed by atoms with van der Waals surface area (Å²) in [6.07, 6.45) is 6.60. The van der Waals surface area contributed by atoms with Crippen molar-refractivity contribution in [1.82, 2.24) is 0 Å². The Bertz CT molecular complexity index is 2930. The van der Waals surface area contributed by atoms with Crippen LogP contribution in [0.2, 0.25) is 0 Å². The van der Waals surface area contributed by atoms with E-state index in [4.69, 9.17) is 6.85 Å². The number of hydrogen-bond donors (Lipinski definition) is 0. The van der Waals surface area contributed by atoms with Gasteiger partial charge in [-0.2, -0.15) is 0 Å². The van der Waals surface area contributed by atoms with Gasteiger partial charge in [0.25, 0.3) is 0 Å². The van der Waals surface area contributed by atoms with Gasteiger partial charge < -0.3 is 4.90 Å². The average Bonchev–Trinajstić information content (AvgIpc) is 3.69. The lowest BCUT2D eigenvalue weighted by Crippen LogP contribution is -2.55. The number of rotatable bonds is 5. The highest BCUT2D eigenvalue weighted by atomic mass is 15.1. The third-order valence-corrected chi connectivity index (χ3v) is 14.7. The molecule has 0 heterocycles. The van der Waals surface area contributed by atoms with Crippen molar-refractivity contribution < 1.29 is 6.85 Å². The lowest BCUT2D eigenvalue weighted by Gasteiger charge is -2.61. The fourth-order valence-corrected chi connectivity index (χ4v) is 12.7. The average molecular weight is 727 g/mol. The van der Waals surface area contributed by atoms with Gasteiger partial charge in [-0.1, -0.05) is 141 Å². The molecule has 4 bridgehead atoms. The minimum Gasteiger partial charge on any atom is -0.310 e. The van der Waals surface area contributed by atoms with Gasteiger partial charge in [0.15, 0.2) is 0 Å². The summed E-state index contributed by atoms with van der Waals surface area (Å²) in [4.78, 5) is 2.27. The van der Waals surface area contributed by atoms with Crippen molar-refractivity contribution in [3.8, 4) is 44.5 Å². The molecule has 13 rings (SSSR count). The fourth-order valence-electron chi connectivity index (χ4n) is 12.7. The smallest absolute Gasteiger partial charge is 0.0629 e.